The Labute approximate surface area is 131 Å². The van der Waals surface area contributed by atoms with Crippen LogP contribution in [0.4, 0.5) is 0 Å². The van der Waals surface area contributed by atoms with Gasteiger partial charge >= 0.3 is 0 Å². The van der Waals surface area contributed by atoms with Crippen molar-refractivity contribution in [3.8, 4) is 28.8 Å². The maximum absolute atomic E-state index is 9.47. The summed E-state index contributed by atoms with van der Waals surface area (Å²) in [5, 5.41) is 14.8. The summed E-state index contributed by atoms with van der Waals surface area (Å²) in [6.45, 7) is 2.03. The Bertz CT molecular complexity index is 876. The summed E-state index contributed by atoms with van der Waals surface area (Å²) in [5.41, 5.74) is 1.83. The summed E-state index contributed by atoms with van der Waals surface area (Å²) in [4.78, 5) is 5.27. The normalized spacial score (nSPS) is 10.6. The average Bonchev–Trinajstić information content (AvgIpc) is 3.10. The molecular weight excluding hydrogens is 300 g/mol. The summed E-state index contributed by atoms with van der Waals surface area (Å²) >= 11 is 1.49. The van der Waals surface area contributed by atoms with E-state index < -0.39 is 0 Å². The van der Waals surface area contributed by atoms with Crippen molar-refractivity contribution >= 4 is 16.3 Å². The number of rotatable bonds is 4. The molecule has 1 aromatic carbocycles. The van der Waals surface area contributed by atoms with E-state index >= 15 is 0 Å². The van der Waals surface area contributed by atoms with Gasteiger partial charge in [-0.05, 0) is 24.6 Å². The lowest BCUT2D eigenvalue weighted by molar-refractivity contribution is 0.355. The minimum absolute atomic E-state index is 0.429. The van der Waals surface area contributed by atoms with Gasteiger partial charge in [-0.2, -0.15) is 14.9 Å². The van der Waals surface area contributed by atoms with Gasteiger partial charge in [0.05, 0.1) is 14.2 Å². The van der Waals surface area contributed by atoms with Crippen LogP contribution in [0.25, 0.3) is 16.2 Å². The fourth-order valence-corrected chi connectivity index (χ4v) is 3.05. The van der Waals surface area contributed by atoms with Crippen molar-refractivity contribution in [1.29, 1.82) is 5.26 Å². The first-order valence-electron chi connectivity index (χ1n) is 6.72. The molecule has 22 heavy (non-hydrogen) atoms. The summed E-state index contributed by atoms with van der Waals surface area (Å²) in [5.74, 6) is 1.24. The molecule has 0 unspecified atom stereocenters. The Kier molecular flexibility index (Phi) is 3.69. The van der Waals surface area contributed by atoms with Crippen molar-refractivity contribution in [1.82, 2.24) is 14.6 Å². The van der Waals surface area contributed by atoms with Crippen LogP contribution in [0.5, 0.6) is 11.5 Å². The Morgan fingerprint density at radius 2 is 2.05 bits per heavy atom. The van der Waals surface area contributed by atoms with Gasteiger partial charge in [-0.25, -0.2) is 4.98 Å². The molecule has 0 fully saturated rings. The second-order valence-corrected chi connectivity index (χ2v) is 5.57. The summed E-state index contributed by atoms with van der Waals surface area (Å²) in [7, 11) is 3.16. The van der Waals surface area contributed by atoms with Crippen LogP contribution in [-0.4, -0.2) is 28.8 Å². The quantitative estimate of drug-likeness (QED) is 0.740. The van der Waals surface area contributed by atoms with Crippen LogP contribution in [0.15, 0.2) is 18.2 Å². The fraction of sp³-hybridized carbons (Fsp3) is 0.267. The molecule has 0 atom stereocenters. The summed E-state index contributed by atoms with van der Waals surface area (Å²) < 4.78 is 12.1. The second kappa shape index (κ2) is 5.66. The highest BCUT2D eigenvalue weighted by molar-refractivity contribution is 7.16. The van der Waals surface area contributed by atoms with E-state index in [1.165, 1.54) is 11.3 Å². The minimum atomic E-state index is 0.429. The molecule has 3 rings (SSSR count). The van der Waals surface area contributed by atoms with E-state index in [4.69, 9.17) is 9.47 Å². The molecule has 6 nitrogen and oxygen atoms in total. The number of aromatic nitrogens is 3. The highest BCUT2D eigenvalue weighted by Crippen LogP contribution is 2.34. The summed E-state index contributed by atoms with van der Waals surface area (Å²) in [6.07, 6.45) is 0.824. The number of fused-ring (bicyclic) bond motifs is 1. The minimum Gasteiger partial charge on any atom is -0.493 e. The lowest BCUT2D eigenvalue weighted by Gasteiger charge is -2.08. The first-order chi connectivity index (χ1) is 10.7. The van der Waals surface area contributed by atoms with E-state index in [0.29, 0.717) is 22.9 Å². The Balaban J connectivity index is 2.18. The van der Waals surface area contributed by atoms with Crippen LogP contribution < -0.4 is 9.47 Å². The predicted octanol–water partition coefficient (Wildman–Crippen LogP) is 2.91. The molecule has 7 heteroatoms. The molecule has 2 heterocycles. The van der Waals surface area contributed by atoms with Crippen molar-refractivity contribution in [3.63, 3.8) is 0 Å². The molecule has 0 aliphatic carbocycles. The monoisotopic (exact) mass is 314 g/mol. The van der Waals surface area contributed by atoms with Gasteiger partial charge in [0.15, 0.2) is 17.2 Å². The number of imidazole rings is 1. The lowest BCUT2D eigenvalue weighted by Crippen LogP contribution is -1.94. The first kappa shape index (κ1) is 14.4. The topological polar surface area (TPSA) is 72.4 Å². The predicted molar refractivity (Wildman–Crippen MR) is 83.5 cm³/mol. The Hall–Kier alpha value is -2.59. The third-order valence-corrected chi connectivity index (χ3v) is 4.36. The van der Waals surface area contributed by atoms with Gasteiger partial charge in [0.1, 0.15) is 16.8 Å². The van der Waals surface area contributed by atoms with E-state index in [-0.39, 0.29) is 0 Å². The molecule has 112 valence electrons. The standard InChI is InChI=1S/C15H14N4O2S/c1-4-13-18-19-10(8-16)14(17-15(19)22-13)9-5-6-11(20-2)12(7-9)21-3/h5-7H,4H2,1-3H3. The van der Waals surface area contributed by atoms with E-state index in [2.05, 4.69) is 16.2 Å². The van der Waals surface area contributed by atoms with E-state index in [0.717, 1.165) is 22.0 Å². The number of hydrogen-bond acceptors (Lipinski definition) is 6. The maximum atomic E-state index is 9.47. The highest BCUT2D eigenvalue weighted by Gasteiger charge is 2.18. The van der Waals surface area contributed by atoms with Crippen molar-refractivity contribution in [3.05, 3.63) is 28.9 Å². The van der Waals surface area contributed by atoms with E-state index in [9.17, 15) is 5.26 Å². The maximum Gasteiger partial charge on any atom is 0.214 e. The van der Waals surface area contributed by atoms with Crippen molar-refractivity contribution < 1.29 is 9.47 Å². The molecule has 0 spiro atoms. The van der Waals surface area contributed by atoms with E-state index in [1.54, 1.807) is 24.8 Å². The Morgan fingerprint density at radius 3 is 2.68 bits per heavy atom. The average molecular weight is 314 g/mol. The molecule has 2 aromatic heterocycles. The van der Waals surface area contributed by atoms with Crippen LogP contribution in [0.1, 0.15) is 17.6 Å². The number of aryl methyl sites for hydroxylation is 1. The molecule has 0 saturated carbocycles. The van der Waals surface area contributed by atoms with Gasteiger partial charge in [-0.15, -0.1) is 0 Å². The zero-order valence-corrected chi connectivity index (χ0v) is 13.3. The molecule has 0 saturated heterocycles. The number of ether oxygens (including phenoxy) is 2. The number of methoxy groups -OCH3 is 2. The van der Waals surface area contributed by atoms with Crippen LogP contribution in [-0.2, 0) is 6.42 Å². The van der Waals surface area contributed by atoms with Crippen molar-refractivity contribution in [2.24, 2.45) is 0 Å². The molecule has 0 bridgehead atoms. The molecule has 0 radical (unpaired) electrons. The fourth-order valence-electron chi connectivity index (χ4n) is 2.22. The van der Waals surface area contributed by atoms with Crippen LogP contribution in [0.2, 0.25) is 0 Å². The lowest BCUT2D eigenvalue weighted by atomic mass is 10.1. The van der Waals surface area contributed by atoms with Gasteiger partial charge in [0.2, 0.25) is 4.96 Å². The van der Waals surface area contributed by atoms with Crippen LogP contribution in [0.3, 0.4) is 0 Å². The second-order valence-electron chi connectivity index (χ2n) is 4.53. The zero-order chi connectivity index (χ0) is 15.7. The van der Waals surface area contributed by atoms with Gasteiger partial charge in [-0.3, -0.25) is 0 Å². The largest absolute Gasteiger partial charge is 0.493 e. The van der Waals surface area contributed by atoms with Crippen LogP contribution >= 0.6 is 11.3 Å². The molecular formula is C15H14N4O2S. The number of benzene rings is 1. The Morgan fingerprint density at radius 1 is 1.27 bits per heavy atom. The molecule has 0 aliphatic rings. The molecule has 0 amide bonds. The molecule has 3 aromatic rings. The molecule has 0 N–H and O–H groups in total. The third kappa shape index (κ3) is 2.18. The molecule has 0 aliphatic heterocycles. The van der Waals surface area contributed by atoms with Gasteiger partial charge in [0, 0.05) is 5.56 Å². The van der Waals surface area contributed by atoms with Gasteiger partial charge in [-0.1, -0.05) is 18.3 Å². The van der Waals surface area contributed by atoms with Gasteiger partial charge < -0.3 is 9.47 Å². The highest BCUT2D eigenvalue weighted by atomic mass is 32.1. The number of nitriles is 1. The van der Waals surface area contributed by atoms with Crippen molar-refractivity contribution in [2.45, 2.75) is 13.3 Å². The van der Waals surface area contributed by atoms with Gasteiger partial charge in [0.25, 0.3) is 0 Å². The number of nitrogens with zero attached hydrogens (tertiary/aromatic N) is 4. The van der Waals surface area contributed by atoms with Crippen LogP contribution in [0, 0.1) is 11.3 Å². The smallest absolute Gasteiger partial charge is 0.214 e. The van der Waals surface area contributed by atoms with Crippen molar-refractivity contribution in [2.75, 3.05) is 14.2 Å². The SMILES string of the molecule is CCc1nn2c(C#N)c(-c3ccc(OC)c(OC)c3)nc2s1. The number of hydrogen-bond donors (Lipinski definition) is 0. The summed E-state index contributed by atoms with van der Waals surface area (Å²) in [6, 6.07) is 7.66. The first-order valence-corrected chi connectivity index (χ1v) is 7.54. The third-order valence-electron chi connectivity index (χ3n) is 3.31. The van der Waals surface area contributed by atoms with E-state index in [1.807, 2.05) is 19.1 Å². The zero-order valence-electron chi connectivity index (χ0n) is 12.5.